The van der Waals surface area contributed by atoms with Crippen LogP contribution in [0.2, 0.25) is 0 Å². The molecule has 9 nitrogen and oxygen atoms in total. The zero-order valence-electron chi connectivity index (χ0n) is 18.4. The molecule has 34 heavy (non-hydrogen) atoms. The van der Waals surface area contributed by atoms with Gasteiger partial charge in [0.15, 0.2) is 5.96 Å². The number of amides is 1. The number of anilines is 2. The molecule has 2 heterocycles. The predicted octanol–water partition coefficient (Wildman–Crippen LogP) is 3.69. The number of carboxylic acids is 1. The smallest absolute Gasteiger partial charge is 0.307 e. The maximum Gasteiger partial charge on any atom is 0.307 e. The Bertz CT molecular complexity index is 1180. The molecule has 174 valence electrons. The number of guanidine groups is 1. The molecule has 0 fully saturated rings. The number of benzene rings is 2. The van der Waals surface area contributed by atoms with Gasteiger partial charge in [-0.1, -0.05) is 24.3 Å². The van der Waals surface area contributed by atoms with E-state index in [2.05, 4.69) is 25.9 Å². The van der Waals surface area contributed by atoms with Crippen LogP contribution in [0.15, 0.2) is 78.0 Å². The maximum atomic E-state index is 13.0. The molecule has 4 rings (SSSR count). The number of carbonyl (C=O) groups excluding carboxylic acids is 1. The summed E-state index contributed by atoms with van der Waals surface area (Å²) in [6.45, 7) is 1.61. The number of ether oxygens (including phenoxy) is 1. The molecule has 1 aromatic heterocycles. The summed E-state index contributed by atoms with van der Waals surface area (Å²) >= 11 is 0. The first kappa shape index (κ1) is 22.8. The second-order valence-corrected chi connectivity index (χ2v) is 7.66. The summed E-state index contributed by atoms with van der Waals surface area (Å²) in [6.07, 6.45) is 3.15. The molecule has 9 heteroatoms. The van der Waals surface area contributed by atoms with Crippen molar-refractivity contribution in [3.63, 3.8) is 0 Å². The van der Waals surface area contributed by atoms with E-state index in [0.717, 1.165) is 25.2 Å². The topological polar surface area (TPSA) is 125 Å². The molecule has 0 radical (unpaired) electrons. The summed E-state index contributed by atoms with van der Waals surface area (Å²) in [5.41, 5.74) is 2.25. The summed E-state index contributed by atoms with van der Waals surface area (Å²) in [6, 6.07) is 17.5. The number of para-hydroxylation sites is 2. The Morgan fingerprint density at radius 1 is 1.12 bits per heavy atom. The zero-order chi connectivity index (χ0) is 23.8. The van der Waals surface area contributed by atoms with Crippen LogP contribution >= 0.6 is 0 Å². The molecule has 1 aliphatic heterocycles. The van der Waals surface area contributed by atoms with E-state index in [4.69, 9.17) is 4.74 Å². The van der Waals surface area contributed by atoms with Crippen LogP contribution in [0, 0.1) is 0 Å². The molecule has 0 spiro atoms. The normalized spacial score (nSPS) is 13.7. The predicted molar refractivity (Wildman–Crippen MR) is 129 cm³/mol. The average molecular weight is 460 g/mol. The number of aromatic nitrogens is 1. The van der Waals surface area contributed by atoms with Gasteiger partial charge in [-0.2, -0.15) is 0 Å². The van der Waals surface area contributed by atoms with E-state index in [1.54, 1.807) is 67.0 Å². The van der Waals surface area contributed by atoms with Crippen molar-refractivity contribution in [1.82, 2.24) is 10.3 Å². The molecule has 0 saturated carbocycles. The lowest BCUT2D eigenvalue weighted by Crippen LogP contribution is -2.35. The summed E-state index contributed by atoms with van der Waals surface area (Å²) in [5.74, 6) is -0.283. The largest absolute Gasteiger partial charge is 0.483 e. The number of carbonyl (C=O) groups is 2. The molecule has 0 bridgehead atoms. The fourth-order valence-electron chi connectivity index (χ4n) is 3.46. The molecule has 0 saturated heterocycles. The minimum Gasteiger partial charge on any atom is -0.483 e. The lowest BCUT2D eigenvalue weighted by atomic mass is 10.1. The number of aliphatic imine (C=N–C) groups is 1. The van der Waals surface area contributed by atoms with Crippen molar-refractivity contribution in [3.8, 4) is 5.75 Å². The van der Waals surface area contributed by atoms with Crippen LogP contribution in [0.25, 0.3) is 0 Å². The van der Waals surface area contributed by atoms with Gasteiger partial charge in [-0.05, 0) is 42.8 Å². The highest BCUT2D eigenvalue weighted by molar-refractivity contribution is 6.06. The van der Waals surface area contributed by atoms with E-state index in [1.165, 1.54) is 0 Å². The van der Waals surface area contributed by atoms with Crippen LogP contribution in [-0.4, -0.2) is 41.0 Å². The van der Waals surface area contributed by atoms with E-state index in [-0.39, 0.29) is 12.3 Å². The van der Waals surface area contributed by atoms with Gasteiger partial charge in [0.25, 0.3) is 5.91 Å². The van der Waals surface area contributed by atoms with Crippen molar-refractivity contribution in [2.24, 2.45) is 4.99 Å². The number of hydrogen-bond donors (Lipinski definition) is 4. The van der Waals surface area contributed by atoms with Crippen LogP contribution in [0.5, 0.6) is 5.75 Å². The molecule has 2 aromatic carbocycles. The van der Waals surface area contributed by atoms with E-state index in [0.29, 0.717) is 28.5 Å². The fourth-order valence-corrected chi connectivity index (χ4v) is 3.46. The Kier molecular flexibility index (Phi) is 7.34. The van der Waals surface area contributed by atoms with Crippen LogP contribution in [0.3, 0.4) is 0 Å². The van der Waals surface area contributed by atoms with Gasteiger partial charge in [0.1, 0.15) is 11.9 Å². The number of rotatable bonds is 8. The van der Waals surface area contributed by atoms with E-state index in [1.807, 2.05) is 6.07 Å². The first-order valence-electron chi connectivity index (χ1n) is 10.9. The van der Waals surface area contributed by atoms with Crippen molar-refractivity contribution in [1.29, 1.82) is 0 Å². The van der Waals surface area contributed by atoms with Crippen molar-refractivity contribution >= 4 is 29.2 Å². The quantitative estimate of drug-likeness (QED) is 0.405. The SMILES string of the molecule is O=C(O)CC(Oc1ccccc1NC(=O)c1cccc(NC2=NCCCN2)c1)c1cccnc1. The third-order valence-corrected chi connectivity index (χ3v) is 5.11. The highest BCUT2D eigenvalue weighted by Crippen LogP contribution is 2.31. The average Bonchev–Trinajstić information content (AvgIpc) is 2.86. The van der Waals surface area contributed by atoms with Crippen molar-refractivity contribution in [2.45, 2.75) is 18.9 Å². The van der Waals surface area contributed by atoms with Crippen LogP contribution < -0.4 is 20.7 Å². The van der Waals surface area contributed by atoms with Gasteiger partial charge in [0.05, 0.1) is 12.1 Å². The minimum atomic E-state index is -1.00. The number of pyridine rings is 1. The molecule has 1 amide bonds. The molecule has 3 aromatic rings. The third-order valence-electron chi connectivity index (χ3n) is 5.11. The first-order chi connectivity index (χ1) is 16.6. The summed E-state index contributed by atoms with van der Waals surface area (Å²) in [7, 11) is 0. The molecular formula is C25H25N5O4. The van der Waals surface area contributed by atoms with Crippen molar-refractivity contribution in [2.75, 3.05) is 23.7 Å². The van der Waals surface area contributed by atoms with Gasteiger partial charge in [0, 0.05) is 42.3 Å². The fraction of sp³-hybridized carbons (Fsp3) is 0.200. The molecule has 4 N–H and O–H groups in total. The lowest BCUT2D eigenvalue weighted by Gasteiger charge is -2.20. The minimum absolute atomic E-state index is 0.250. The summed E-state index contributed by atoms with van der Waals surface area (Å²) in [5, 5.41) is 18.6. The van der Waals surface area contributed by atoms with E-state index >= 15 is 0 Å². The van der Waals surface area contributed by atoms with E-state index in [9.17, 15) is 14.7 Å². The highest BCUT2D eigenvalue weighted by atomic mass is 16.5. The Morgan fingerprint density at radius 2 is 2.00 bits per heavy atom. The van der Waals surface area contributed by atoms with Gasteiger partial charge >= 0.3 is 5.97 Å². The highest BCUT2D eigenvalue weighted by Gasteiger charge is 2.20. The molecule has 1 aliphatic rings. The van der Waals surface area contributed by atoms with Crippen molar-refractivity contribution < 1.29 is 19.4 Å². The van der Waals surface area contributed by atoms with Gasteiger partial charge in [-0.3, -0.25) is 19.6 Å². The van der Waals surface area contributed by atoms with Crippen molar-refractivity contribution in [3.05, 3.63) is 84.2 Å². The number of carboxylic acid groups (broad SMARTS) is 1. The Labute approximate surface area is 196 Å². The number of nitrogens with zero attached hydrogens (tertiary/aromatic N) is 2. The molecule has 1 atom stereocenters. The molecular weight excluding hydrogens is 434 g/mol. The monoisotopic (exact) mass is 459 g/mol. The summed E-state index contributed by atoms with van der Waals surface area (Å²) in [4.78, 5) is 32.8. The van der Waals surface area contributed by atoms with Crippen LogP contribution in [-0.2, 0) is 4.79 Å². The second-order valence-electron chi connectivity index (χ2n) is 7.66. The van der Waals surface area contributed by atoms with Crippen LogP contribution in [0.1, 0.15) is 34.9 Å². The van der Waals surface area contributed by atoms with E-state index < -0.39 is 12.1 Å². The molecule has 0 aliphatic carbocycles. The summed E-state index contributed by atoms with van der Waals surface area (Å²) < 4.78 is 6.03. The van der Waals surface area contributed by atoms with Gasteiger partial charge in [-0.15, -0.1) is 0 Å². The van der Waals surface area contributed by atoms with Crippen LogP contribution in [0.4, 0.5) is 11.4 Å². The number of aliphatic carboxylic acids is 1. The lowest BCUT2D eigenvalue weighted by molar-refractivity contribution is -0.138. The Balaban J connectivity index is 1.50. The van der Waals surface area contributed by atoms with Gasteiger partial charge in [-0.25, -0.2) is 0 Å². The Hall–Kier alpha value is -4.40. The maximum absolute atomic E-state index is 13.0. The number of hydrogen-bond acceptors (Lipinski definition) is 7. The standard InChI is InChI=1S/C25H25N5O4/c31-23(32)15-22(18-7-4-11-26-16-18)34-21-10-2-1-9-20(21)30-24(33)17-6-3-8-19(14-17)29-25-27-12-5-13-28-25/h1-4,6-11,14,16,22H,5,12-13,15H2,(H,30,33)(H,31,32)(H2,27,28,29). The number of nitrogens with one attached hydrogen (secondary N) is 3. The Morgan fingerprint density at radius 3 is 2.76 bits per heavy atom. The first-order valence-corrected chi connectivity index (χ1v) is 10.9. The second kappa shape index (κ2) is 11.0. The zero-order valence-corrected chi connectivity index (χ0v) is 18.4. The third kappa shape index (κ3) is 6.10. The van der Waals surface area contributed by atoms with Gasteiger partial charge < -0.3 is 25.8 Å². The molecule has 1 unspecified atom stereocenters. The van der Waals surface area contributed by atoms with Gasteiger partial charge in [0.2, 0.25) is 0 Å².